The maximum absolute atomic E-state index is 9.49. The van der Waals surface area contributed by atoms with Gasteiger partial charge in [0.25, 0.3) is 0 Å². The van der Waals surface area contributed by atoms with Crippen LogP contribution in [0.25, 0.3) is 0 Å². The second-order valence-corrected chi connectivity index (χ2v) is 3.09. The fourth-order valence-electron chi connectivity index (χ4n) is 0. The molecule has 0 aromatic carbocycles. The summed E-state index contributed by atoms with van der Waals surface area (Å²) >= 11 is 0.388. The first-order valence-corrected chi connectivity index (χ1v) is 3.50. The van der Waals surface area contributed by atoms with E-state index in [4.69, 9.17) is 9.79 Å². The molecule has 0 aliphatic rings. The molecular formula is H4BaO4PTiZr. The molecule has 0 saturated carbocycles. The predicted octanol–water partition coefficient (Wildman–Crippen LogP) is -1.36. The minimum atomic E-state index is -4.11. The summed E-state index contributed by atoms with van der Waals surface area (Å²) in [5, 5.41) is 0. The van der Waals surface area contributed by atoms with E-state index >= 15 is 0 Å². The minimum Gasteiger partial charge on any atom is 0 e. The normalized spacial score (nSPS) is 8.62. The molecule has 8 heteroatoms. The van der Waals surface area contributed by atoms with Crippen LogP contribution in [0, 0.1) is 0 Å². The fourth-order valence-corrected chi connectivity index (χ4v) is 0. The predicted molar refractivity (Wildman–Crippen MR) is 21.7 cm³/mol. The van der Waals surface area contributed by atoms with E-state index in [0.717, 1.165) is 0 Å². The molecule has 4 nitrogen and oxygen atoms in total. The van der Waals surface area contributed by atoms with Crippen LogP contribution in [0.5, 0.6) is 0 Å². The molecule has 0 atom stereocenters. The van der Waals surface area contributed by atoms with E-state index in [2.05, 4.69) is 2.60 Å². The largest absolute Gasteiger partial charge is 0 e. The third-order valence-electron chi connectivity index (χ3n) is 0.119. The summed E-state index contributed by atoms with van der Waals surface area (Å²) in [6, 6.07) is 0. The van der Waals surface area contributed by atoms with Gasteiger partial charge in [-0.05, 0) is 0 Å². The average Bonchev–Trinajstić information content (AvgIpc) is 1.35. The van der Waals surface area contributed by atoms with Crippen LogP contribution in [0.2, 0.25) is 0 Å². The second kappa shape index (κ2) is 8.38. The quantitative estimate of drug-likeness (QED) is 0.439. The zero-order chi connectivity index (χ0) is 5.21. The van der Waals surface area contributed by atoms with Crippen molar-refractivity contribution in [2.45, 2.75) is 0 Å². The molecule has 0 aromatic rings. The van der Waals surface area contributed by atoms with E-state index in [1.807, 2.05) is 0 Å². The number of hydrogen-bond donors (Lipinski definition) is 2. The van der Waals surface area contributed by atoms with Crippen molar-refractivity contribution >= 4 is 56.7 Å². The van der Waals surface area contributed by atoms with Crippen molar-refractivity contribution in [3.63, 3.8) is 0 Å². The molecule has 0 unspecified atom stereocenters. The summed E-state index contributed by atoms with van der Waals surface area (Å²) in [5.74, 6) is 0. The van der Waals surface area contributed by atoms with E-state index in [9.17, 15) is 4.57 Å². The van der Waals surface area contributed by atoms with Crippen molar-refractivity contribution in [2.75, 3.05) is 0 Å². The van der Waals surface area contributed by atoms with Crippen LogP contribution >= 0.6 is 7.82 Å². The first kappa shape index (κ1) is 17.4. The zero-order valence-electron chi connectivity index (χ0n) is 3.16. The van der Waals surface area contributed by atoms with Gasteiger partial charge < -0.3 is 0 Å². The molecule has 0 rings (SSSR count). The molecule has 2 N–H and O–H groups in total. The Morgan fingerprint density at radius 1 is 1.50 bits per heavy atom. The van der Waals surface area contributed by atoms with Crippen LogP contribution in [-0.2, 0) is 54.0 Å². The van der Waals surface area contributed by atoms with E-state index in [0.29, 0.717) is 25.2 Å². The van der Waals surface area contributed by atoms with Gasteiger partial charge in [0.05, 0.1) is 0 Å². The Morgan fingerprint density at radius 2 is 1.62 bits per heavy atom. The van der Waals surface area contributed by atoms with Gasteiger partial charge >= 0.3 is 98.8 Å². The van der Waals surface area contributed by atoms with Crippen molar-refractivity contribution in [3.8, 4) is 0 Å². The summed E-state index contributed by atoms with van der Waals surface area (Å²) in [5.41, 5.74) is 0. The molecule has 0 bridgehead atoms. The van der Waals surface area contributed by atoms with E-state index in [-0.39, 0.29) is 70.6 Å². The molecule has 0 spiro atoms. The van der Waals surface area contributed by atoms with Crippen LogP contribution < -0.4 is 0 Å². The van der Waals surface area contributed by atoms with Gasteiger partial charge in [-0.3, -0.25) is 0 Å². The Kier molecular flexibility index (Phi) is 18.2. The van der Waals surface area contributed by atoms with Crippen LogP contribution in [0.15, 0.2) is 0 Å². The SMILES string of the molecule is O=P(O)(O)[O][Zr].[BaH2].[Ti]. The minimum absolute atomic E-state index is 0. The molecular weight excluding hydrogens is 371 g/mol. The molecule has 0 heterocycles. The van der Waals surface area contributed by atoms with Gasteiger partial charge in [0.15, 0.2) is 0 Å². The number of rotatable bonds is 1. The molecule has 0 radical (unpaired) electrons. The number of phosphoric acid groups is 1. The van der Waals surface area contributed by atoms with Gasteiger partial charge in [-0.25, -0.2) is 0 Å². The van der Waals surface area contributed by atoms with Gasteiger partial charge in [-0.1, -0.05) is 0 Å². The Labute approximate surface area is 118 Å². The molecule has 0 amide bonds. The summed E-state index contributed by atoms with van der Waals surface area (Å²) in [6.07, 6.45) is 0. The van der Waals surface area contributed by atoms with Crippen molar-refractivity contribution < 1.29 is 63.8 Å². The summed E-state index contributed by atoms with van der Waals surface area (Å²) < 4.78 is 13.2. The van der Waals surface area contributed by atoms with Crippen molar-refractivity contribution in [1.82, 2.24) is 0 Å². The molecule has 0 fully saturated rings. The average molecular weight is 375 g/mol. The van der Waals surface area contributed by atoms with Gasteiger partial charge in [-0.15, -0.1) is 0 Å². The van der Waals surface area contributed by atoms with E-state index in [1.165, 1.54) is 0 Å². The Bertz CT molecular complexity index is 80.1. The Balaban J connectivity index is -0.000000125. The molecule has 0 saturated heterocycles. The molecule has 0 aromatic heterocycles. The van der Waals surface area contributed by atoms with Gasteiger partial charge in [-0.2, -0.15) is 0 Å². The van der Waals surface area contributed by atoms with Gasteiger partial charge in [0.1, 0.15) is 0 Å². The number of hydrogen-bond acceptors (Lipinski definition) is 2. The topological polar surface area (TPSA) is 66.8 Å². The smallest absolute Gasteiger partial charge is 0 e. The molecule has 43 valence electrons. The van der Waals surface area contributed by atoms with Crippen LogP contribution in [0.1, 0.15) is 0 Å². The summed E-state index contributed by atoms with van der Waals surface area (Å²) in [4.78, 5) is 15.5. The van der Waals surface area contributed by atoms with Gasteiger partial charge in [0.2, 0.25) is 0 Å². The van der Waals surface area contributed by atoms with Crippen LogP contribution in [0.3, 0.4) is 0 Å². The second-order valence-electron chi connectivity index (χ2n) is 0.582. The van der Waals surface area contributed by atoms with E-state index in [1.54, 1.807) is 0 Å². The van der Waals surface area contributed by atoms with Crippen molar-refractivity contribution in [2.24, 2.45) is 0 Å². The summed E-state index contributed by atoms with van der Waals surface area (Å²) in [6.45, 7) is 0. The summed E-state index contributed by atoms with van der Waals surface area (Å²) in [7, 11) is -4.11. The Morgan fingerprint density at radius 3 is 1.62 bits per heavy atom. The third kappa shape index (κ3) is 16.1. The maximum Gasteiger partial charge on any atom is 0 e. The fraction of sp³-hybridized carbons (Fsp3) is 0. The van der Waals surface area contributed by atoms with Crippen LogP contribution in [-0.4, -0.2) is 58.7 Å². The maximum atomic E-state index is 9.49. The zero-order valence-corrected chi connectivity index (χ0v) is 8.07. The molecule has 0 aliphatic heterocycles. The van der Waals surface area contributed by atoms with Crippen molar-refractivity contribution in [3.05, 3.63) is 0 Å². The van der Waals surface area contributed by atoms with Crippen molar-refractivity contribution in [1.29, 1.82) is 0 Å². The molecule has 8 heavy (non-hydrogen) atoms. The molecule has 0 aliphatic carbocycles. The monoisotopic (exact) mass is 375 g/mol. The van der Waals surface area contributed by atoms with Crippen LogP contribution in [0.4, 0.5) is 0 Å². The standard InChI is InChI=1S/Ba.H3O4P.Ti.Zr.2H/c;1-5(2,3)4;;;;/h;(H3,1,2,3,4);;;;/q;;;+1;;/p-1. The Hall–Kier alpha value is 3.28. The first-order chi connectivity index (χ1) is 2.56. The van der Waals surface area contributed by atoms with Gasteiger partial charge in [0, 0.05) is 21.7 Å². The third-order valence-corrected chi connectivity index (χ3v) is 2.11. The first-order valence-electron chi connectivity index (χ1n) is 0.969. The van der Waals surface area contributed by atoms with E-state index < -0.39 is 7.82 Å².